The normalized spacial score (nSPS) is 11.3. The van der Waals surface area contributed by atoms with Crippen molar-refractivity contribution in [2.45, 2.75) is 0 Å². The lowest BCUT2D eigenvalue weighted by Gasteiger charge is -2.15. The van der Waals surface area contributed by atoms with Crippen molar-refractivity contribution in [1.29, 1.82) is 0 Å². The van der Waals surface area contributed by atoms with Crippen LogP contribution >= 0.6 is 0 Å². The Hall–Kier alpha value is -5.67. The highest BCUT2D eigenvalue weighted by Gasteiger charge is 2.17. The Balaban J connectivity index is 1.43. The smallest absolute Gasteiger partial charge is 0.160 e. The first kappa shape index (κ1) is 24.2. The lowest BCUT2D eigenvalue weighted by molar-refractivity contribution is 1.19. The molecule has 0 N–H and O–H groups in total. The van der Waals surface area contributed by atoms with E-state index >= 15 is 0 Å². The van der Waals surface area contributed by atoms with E-state index in [9.17, 15) is 0 Å². The number of nitrogens with zero attached hydrogens (tertiary/aromatic N) is 3. The maximum atomic E-state index is 5.20. The van der Waals surface area contributed by atoms with Crippen molar-refractivity contribution in [2.75, 3.05) is 0 Å². The minimum absolute atomic E-state index is 0.701. The van der Waals surface area contributed by atoms with Crippen molar-refractivity contribution >= 4 is 32.3 Å². The van der Waals surface area contributed by atoms with E-state index in [1.165, 1.54) is 32.3 Å². The lowest BCUT2D eigenvalue weighted by atomic mass is 9.91. The van der Waals surface area contributed by atoms with Gasteiger partial charge in [0.05, 0.1) is 11.4 Å². The van der Waals surface area contributed by atoms with Gasteiger partial charge in [-0.25, -0.2) is 9.97 Å². The summed E-state index contributed by atoms with van der Waals surface area (Å²) in [6.45, 7) is 0. The topological polar surface area (TPSA) is 38.7 Å². The number of hydrogen-bond acceptors (Lipinski definition) is 3. The fourth-order valence-corrected chi connectivity index (χ4v) is 6.01. The molecule has 42 heavy (non-hydrogen) atoms. The molecule has 0 fully saturated rings. The van der Waals surface area contributed by atoms with E-state index in [0.717, 1.165) is 39.2 Å². The zero-order valence-corrected chi connectivity index (χ0v) is 22.8. The van der Waals surface area contributed by atoms with Gasteiger partial charge in [-0.3, -0.25) is 4.98 Å². The lowest BCUT2D eigenvalue weighted by Crippen LogP contribution is -1.98. The third-order valence-electron chi connectivity index (χ3n) is 7.96. The van der Waals surface area contributed by atoms with Crippen LogP contribution in [0.25, 0.3) is 77.3 Å². The predicted octanol–water partition coefficient (Wildman–Crippen LogP) is 10.00. The molecule has 2 heterocycles. The third-order valence-corrected chi connectivity index (χ3v) is 7.96. The van der Waals surface area contributed by atoms with Crippen molar-refractivity contribution in [1.82, 2.24) is 15.0 Å². The van der Waals surface area contributed by atoms with E-state index in [2.05, 4.69) is 120 Å². The molecule has 0 aliphatic heterocycles. The highest BCUT2D eigenvalue weighted by Crippen LogP contribution is 2.40. The summed E-state index contributed by atoms with van der Waals surface area (Å²) in [5.74, 6) is 0.701. The van der Waals surface area contributed by atoms with Crippen molar-refractivity contribution in [3.63, 3.8) is 0 Å². The van der Waals surface area contributed by atoms with Crippen LogP contribution in [0.4, 0.5) is 0 Å². The van der Waals surface area contributed by atoms with E-state index in [4.69, 9.17) is 9.97 Å². The average Bonchev–Trinajstić information content (AvgIpc) is 3.08. The minimum atomic E-state index is 0.701. The van der Waals surface area contributed by atoms with E-state index in [-0.39, 0.29) is 0 Å². The summed E-state index contributed by atoms with van der Waals surface area (Å²) in [5.41, 5.74) is 7.03. The Morgan fingerprint density at radius 2 is 1.05 bits per heavy atom. The predicted molar refractivity (Wildman–Crippen MR) is 174 cm³/mol. The summed E-state index contributed by atoms with van der Waals surface area (Å²) in [4.78, 5) is 14.7. The monoisotopic (exact) mass is 535 g/mol. The van der Waals surface area contributed by atoms with Crippen LogP contribution in [-0.2, 0) is 0 Å². The zero-order valence-electron chi connectivity index (χ0n) is 22.8. The van der Waals surface area contributed by atoms with Crippen LogP contribution in [0, 0.1) is 0 Å². The number of hydrogen-bond donors (Lipinski definition) is 0. The number of rotatable bonds is 4. The zero-order chi connectivity index (χ0) is 27.9. The molecular weight excluding hydrogens is 510 g/mol. The van der Waals surface area contributed by atoms with Crippen LogP contribution in [0.15, 0.2) is 152 Å². The second-order valence-corrected chi connectivity index (χ2v) is 10.5. The highest BCUT2D eigenvalue weighted by atomic mass is 14.9. The molecule has 8 rings (SSSR count). The Morgan fingerprint density at radius 3 is 1.86 bits per heavy atom. The summed E-state index contributed by atoms with van der Waals surface area (Å²) >= 11 is 0. The minimum Gasteiger partial charge on any atom is -0.264 e. The largest absolute Gasteiger partial charge is 0.264 e. The van der Waals surface area contributed by atoms with Gasteiger partial charge in [-0.2, -0.15) is 0 Å². The second-order valence-electron chi connectivity index (χ2n) is 10.5. The van der Waals surface area contributed by atoms with Crippen LogP contribution in [0.5, 0.6) is 0 Å². The molecule has 3 heteroatoms. The van der Waals surface area contributed by atoms with Gasteiger partial charge in [0, 0.05) is 34.6 Å². The van der Waals surface area contributed by atoms with Gasteiger partial charge in [-0.05, 0) is 56.1 Å². The SMILES string of the molecule is c1ccc(-c2nc(-c3ccccc3-c3cccnc3)cc(-c3cc4ccc5ccccc5c4c4ccccc34)n2)cc1. The van der Waals surface area contributed by atoms with Crippen molar-refractivity contribution in [2.24, 2.45) is 0 Å². The summed E-state index contributed by atoms with van der Waals surface area (Å²) in [6.07, 6.45) is 3.71. The van der Waals surface area contributed by atoms with Crippen molar-refractivity contribution in [3.8, 4) is 45.0 Å². The first-order chi connectivity index (χ1) is 20.8. The molecule has 0 unspecified atom stereocenters. The summed E-state index contributed by atoms with van der Waals surface area (Å²) in [5, 5.41) is 7.36. The number of pyridine rings is 1. The molecule has 0 radical (unpaired) electrons. The molecule has 0 aliphatic carbocycles. The Labute approximate surface area is 243 Å². The Bertz CT molecular complexity index is 2240. The number of fused-ring (bicyclic) bond motifs is 5. The van der Waals surface area contributed by atoms with Gasteiger partial charge in [0.25, 0.3) is 0 Å². The number of benzene rings is 6. The van der Waals surface area contributed by atoms with Gasteiger partial charge in [0.2, 0.25) is 0 Å². The van der Waals surface area contributed by atoms with Crippen LogP contribution in [0.2, 0.25) is 0 Å². The molecule has 196 valence electrons. The van der Waals surface area contributed by atoms with E-state index < -0.39 is 0 Å². The molecule has 3 nitrogen and oxygen atoms in total. The Morgan fingerprint density at radius 1 is 0.405 bits per heavy atom. The molecule has 0 amide bonds. The quantitative estimate of drug-likeness (QED) is 0.211. The van der Waals surface area contributed by atoms with Gasteiger partial charge in [-0.15, -0.1) is 0 Å². The molecule has 2 aromatic heterocycles. The van der Waals surface area contributed by atoms with Gasteiger partial charge in [0.15, 0.2) is 5.82 Å². The molecule has 0 aliphatic rings. The van der Waals surface area contributed by atoms with E-state index in [1.807, 2.05) is 30.5 Å². The van der Waals surface area contributed by atoms with E-state index in [0.29, 0.717) is 5.82 Å². The van der Waals surface area contributed by atoms with Crippen LogP contribution in [0.3, 0.4) is 0 Å². The standard InChI is InChI=1S/C39H25N3/c1-2-12-27(13-3-1)39-41-36(33-18-8-6-15-30(33)29-14-10-22-40-25-29)24-37(42-39)35-23-28-21-20-26-11-4-5-16-31(26)38(28)34-19-9-7-17-32(34)35/h1-25H. The van der Waals surface area contributed by atoms with Crippen LogP contribution in [0.1, 0.15) is 0 Å². The maximum absolute atomic E-state index is 5.20. The molecule has 0 saturated carbocycles. The highest BCUT2D eigenvalue weighted by molar-refractivity contribution is 6.23. The first-order valence-corrected chi connectivity index (χ1v) is 14.1. The molecule has 0 atom stereocenters. The molecule has 0 bridgehead atoms. The van der Waals surface area contributed by atoms with Gasteiger partial charge < -0.3 is 0 Å². The maximum Gasteiger partial charge on any atom is 0.160 e. The van der Waals surface area contributed by atoms with Crippen LogP contribution < -0.4 is 0 Å². The summed E-state index contributed by atoms with van der Waals surface area (Å²) < 4.78 is 0. The Kier molecular flexibility index (Phi) is 5.79. The average molecular weight is 536 g/mol. The fraction of sp³-hybridized carbons (Fsp3) is 0. The summed E-state index contributed by atoms with van der Waals surface area (Å²) in [6, 6.07) is 48.8. The summed E-state index contributed by atoms with van der Waals surface area (Å²) in [7, 11) is 0. The second kappa shape index (κ2) is 10.1. The van der Waals surface area contributed by atoms with Crippen molar-refractivity contribution in [3.05, 3.63) is 152 Å². The van der Waals surface area contributed by atoms with Gasteiger partial charge in [-0.1, -0.05) is 121 Å². The molecule has 8 aromatic rings. The van der Waals surface area contributed by atoms with Crippen LogP contribution in [-0.4, -0.2) is 15.0 Å². The third kappa shape index (κ3) is 4.11. The van der Waals surface area contributed by atoms with E-state index in [1.54, 1.807) is 6.20 Å². The molecule has 6 aromatic carbocycles. The molecule has 0 saturated heterocycles. The first-order valence-electron chi connectivity index (χ1n) is 14.1. The molecule has 0 spiro atoms. The van der Waals surface area contributed by atoms with Crippen molar-refractivity contribution < 1.29 is 0 Å². The van der Waals surface area contributed by atoms with Gasteiger partial charge >= 0.3 is 0 Å². The fourth-order valence-electron chi connectivity index (χ4n) is 6.01. The van der Waals surface area contributed by atoms with Gasteiger partial charge in [0.1, 0.15) is 0 Å². The molecular formula is C39H25N3. The number of aromatic nitrogens is 3.